The van der Waals surface area contributed by atoms with E-state index in [1.54, 1.807) is 22.3 Å². The summed E-state index contributed by atoms with van der Waals surface area (Å²) in [6.07, 6.45) is 8.76. The van der Waals surface area contributed by atoms with Crippen molar-refractivity contribution in [2.45, 2.75) is 26.2 Å². The molecule has 1 fully saturated rings. The van der Waals surface area contributed by atoms with Crippen molar-refractivity contribution < 1.29 is 0 Å². The third kappa shape index (κ3) is 0.526. The molecule has 3 aliphatic rings. The Balaban J connectivity index is 2.21. The zero-order valence-electron chi connectivity index (χ0n) is 6.85. The molecule has 56 valence electrons. The van der Waals surface area contributed by atoms with Crippen LogP contribution in [0, 0.1) is 5.92 Å². The van der Waals surface area contributed by atoms with E-state index in [2.05, 4.69) is 19.1 Å². The second kappa shape index (κ2) is 1.69. The highest BCUT2D eigenvalue weighted by Gasteiger charge is 2.34. The summed E-state index contributed by atoms with van der Waals surface area (Å²) in [5.41, 5.74) is 6.57. The van der Waals surface area contributed by atoms with Crippen molar-refractivity contribution in [3.8, 4) is 0 Å². The van der Waals surface area contributed by atoms with Gasteiger partial charge in [-0.2, -0.15) is 0 Å². The molecule has 0 heterocycles. The lowest BCUT2D eigenvalue weighted by Crippen LogP contribution is -1.93. The van der Waals surface area contributed by atoms with Crippen LogP contribution < -0.4 is 0 Å². The Morgan fingerprint density at radius 1 is 1.27 bits per heavy atom. The SMILES string of the molecule is CC1=C2C=CC2=C2CCCC12. The number of fused-ring (bicyclic) bond motifs is 2. The van der Waals surface area contributed by atoms with Gasteiger partial charge in [0.05, 0.1) is 0 Å². The van der Waals surface area contributed by atoms with Gasteiger partial charge in [-0.3, -0.25) is 0 Å². The lowest BCUT2D eigenvalue weighted by molar-refractivity contribution is 0.730. The van der Waals surface area contributed by atoms with Crippen molar-refractivity contribution in [2.75, 3.05) is 0 Å². The van der Waals surface area contributed by atoms with Crippen LogP contribution in [0.3, 0.4) is 0 Å². The van der Waals surface area contributed by atoms with Gasteiger partial charge < -0.3 is 0 Å². The van der Waals surface area contributed by atoms with Gasteiger partial charge in [0.2, 0.25) is 0 Å². The van der Waals surface area contributed by atoms with Crippen molar-refractivity contribution in [1.29, 1.82) is 0 Å². The average Bonchev–Trinajstić information content (AvgIpc) is 2.38. The molecule has 0 aromatic heterocycles. The summed E-state index contributed by atoms with van der Waals surface area (Å²) in [4.78, 5) is 0. The van der Waals surface area contributed by atoms with Crippen molar-refractivity contribution >= 4 is 0 Å². The molecule has 1 saturated carbocycles. The second-order valence-electron chi connectivity index (χ2n) is 3.81. The second-order valence-corrected chi connectivity index (χ2v) is 3.81. The lowest BCUT2D eigenvalue weighted by atomic mass is 9.94. The molecule has 0 nitrogen and oxygen atoms in total. The first-order valence-electron chi connectivity index (χ1n) is 4.50. The van der Waals surface area contributed by atoms with Gasteiger partial charge >= 0.3 is 0 Å². The molecule has 0 aromatic carbocycles. The first-order chi connectivity index (χ1) is 5.38. The van der Waals surface area contributed by atoms with Crippen LogP contribution in [-0.2, 0) is 0 Å². The minimum absolute atomic E-state index is 0.856. The van der Waals surface area contributed by atoms with E-state index in [0.717, 1.165) is 5.92 Å². The van der Waals surface area contributed by atoms with E-state index in [-0.39, 0.29) is 0 Å². The summed E-state index contributed by atoms with van der Waals surface area (Å²) >= 11 is 0. The molecule has 0 aromatic rings. The summed E-state index contributed by atoms with van der Waals surface area (Å²) in [5, 5.41) is 0. The fraction of sp³-hybridized carbons (Fsp3) is 0.455. The van der Waals surface area contributed by atoms with Crippen LogP contribution in [0.1, 0.15) is 26.2 Å². The van der Waals surface area contributed by atoms with Crippen molar-refractivity contribution in [3.05, 3.63) is 34.4 Å². The molecular weight excluding hydrogens is 132 g/mol. The topological polar surface area (TPSA) is 0 Å². The van der Waals surface area contributed by atoms with Gasteiger partial charge in [0, 0.05) is 5.92 Å². The largest absolute Gasteiger partial charge is 0.0583 e. The van der Waals surface area contributed by atoms with Crippen LogP contribution in [0.15, 0.2) is 34.4 Å². The van der Waals surface area contributed by atoms with E-state index in [9.17, 15) is 0 Å². The molecule has 0 aliphatic heterocycles. The summed E-state index contributed by atoms with van der Waals surface area (Å²) in [6, 6.07) is 0. The highest BCUT2D eigenvalue weighted by Crippen LogP contribution is 2.50. The monoisotopic (exact) mass is 144 g/mol. The summed E-state index contributed by atoms with van der Waals surface area (Å²) in [6.45, 7) is 2.31. The van der Waals surface area contributed by atoms with E-state index >= 15 is 0 Å². The van der Waals surface area contributed by atoms with Crippen LogP contribution in [0.25, 0.3) is 0 Å². The van der Waals surface area contributed by atoms with E-state index < -0.39 is 0 Å². The highest BCUT2D eigenvalue weighted by atomic mass is 14.4. The molecule has 0 saturated heterocycles. The van der Waals surface area contributed by atoms with Gasteiger partial charge in [-0.15, -0.1) is 0 Å². The zero-order valence-corrected chi connectivity index (χ0v) is 6.85. The Bertz CT molecular complexity index is 313. The van der Waals surface area contributed by atoms with E-state index in [1.165, 1.54) is 19.3 Å². The number of hydrogen-bond donors (Lipinski definition) is 0. The molecule has 1 unspecified atom stereocenters. The molecular formula is C11H12. The summed E-state index contributed by atoms with van der Waals surface area (Å²) in [5.74, 6) is 0.856. The van der Waals surface area contributed by atoms with Crippen LogP contribution in [0.4, 0.5) is 0 Å². The van der Waals surface area contributed by atoms with Crippen LogP contribution in [0.2, 0.25) is 0 Å². The van der Waals surface area contributed by atoms with Crippen LogP contribution in [-0.4, -0.2) is 0 Å². The Labute approximate surface area is 67.3 Å². The molecule has 11 heavy (non-hydrogen) atoms. The minimum atomic E-state index is 0.856. The van der Waals surface area contributed by atoms with E-state index in [0.29, 0.717) is 0 Å². The van der Waals surface area contributed by atoms with Crippen molar-refractivity contribution in [2.24, 2.45) is 5.92 Å². The summed E-state index contributed by atoms with van der Waals surface area (Å²) in [7, 11) is 0. The normalized spacial score (nSPS) is 32.6. The maximum atomic E-state index is 2.31. The Kier molecular flexibility index (Phi) is 0.892. The van der Waals surface area contributed by atoms with Crippen molar-refractivity contribution in [3.63, 3.8) is 0 Å². The molecule has 0 amide bonds. The van der Waals surface area contributed by atoms with E-state index in [1.807, 2.05) is 0 Å². The summed E-state index contributed by atoms with van der Waals surface area (Å²) < 4.78 is 0. The molecule has 0 bridgehead atoms. The predicted octanol–water partition coefficient (Wildman–Crippen LogP) is 2.98. The van der Waals surface area contributed by atoms with Crippen LogP contribution >= 0.6 is 0 Å². The Morgan fingerprint density at radius 3 is 2.82 bits per heavy atom. The fourth-order valence-electron chi connectivity index (χ4n) is 2.71. The quantitative estimate of drug-likeness (QED) is 0.490. The van der Waals surface area contributed by atoms with Gasteiger partial charge in [0.15, 0.2) is 0 Å². The third-order valence-corrected chi connectivity index (χ3v) is 3.36. The van der Waals surface area contributed by atoms with Gasteiger partial charge in [-0.25, -0.2) is 0 Å². The first-order valence-corrected chi connectivity index (χ1v) is 4.50. The van der Waals surface area contributed by atoms with Gasteiger partial charge in [-0.05, 0) is 37.3 Å². The number of hydrogen-bond acceptors (Lipinski definition) is 0. The third-order valence-electron chi connectivity index (χ3n) is 3.36. The van der Waals surface area contributed by atoms with Crippen molar-refractivity contribution in [1.82, 2.24) is 0 Å². The number of allylic oxidation sites excluding steroid dienone is 6. The molecule has 0 heteroatoms. The van der Waals surface area contributed by atoms with Crippen LogP contribution in [0.5, 0.6) is 0 Å². The van der Waals surface area contributed by atoms with E-state index in [4.69, 9.17) is 0 Å². The molecule has 0 spiro atoms. The first kappa shape index (κ1) is 5.82. The maximum absolute atomic E-state index is 2.31. The van der Waals surface area contributed by atoms with Gasteiger partial charge in [0.1, 0.15) is 0 Å². The Hall–Kier alpha value is -0.780. The zero-order chi connectivity index (χ0) is 7.42. The maximum Gasteiger partial charge on any atom is 0.00227 e. The fourth-order valence-corrected chi connectivity index (χ4v) is 2.71. The molecule has 3 rings (SSSR count). The highest BCUT2D eigenvalue weighted by molar-refractivity contribution is 5.67. The van der Waals surface area contributed by atoms with Gasteiger partial charge in [-0.1, -0.05) is 23.3 Å². The van der Waals surface area contributed by atoms with Gasteiger partial charge in [0.25, 0.3) is 0 Å². The minimum Gasteiger partial charge on any atom is -0.0583 e. The molecule has 3 aliphatic carbocycles. The number of rotatable bonds is 0. The molecule has 0 radical (unpaired) electrons. The predicted molar refractivity (Wildman–Crippen MR) is 46.2 cm³/mol. The molecule has 1 atom stereocenters. The Morgan fingerprint density at radius 2 is 2.09 bits per heavy atom. The smallest absolute Gasteiger partial charge is 0.00227 e. The molecule has 0 N–H and O–H groups in total. The standard InChI is InChI=1S/C11H12/c1-7-8-3-2-4-10(8)11-6-5-9(7)11/h5-6,8H,2-4H2,1H3. The average molecular weight is 144 g/mol. The lowest BCUT2D eigenvalue weighted by Gasteiger charge is -2.11.